The zero-order valence-corrected chi connectivity index (χ0v) is 13.0. The van der Waals surface area contributed by atoms with Crippen molar-refractivity contribution in [1.29, 1.82) is 5.26 Å². The fourth-order valence-electron chi connectivity index (χ4n) is 2.06. The number of nitriles is 1. The highest BCUT2D eigenvalue weighted by atomic mass is 79.9. The Kier molecular flexibility index (Phi) is 3.20. The molecule has 3 aromatic rings. The third kappa shape index (κ3) is 1.98. The molecule has 98 valence electrons. The Morgan fingerprint density at radius 1 is 1.20 bits per heavy atom. The summed E-state index contributed by atoms with van der Waals surface area (Å²) < 4.78 is 2.39. The molecule has 0 radical (unpaired) electrons. The molecular formula is C15H9BrN2OS. The number of pyridine rings is 1. The van der Waals surface area contributed by atoms with Crippen molar-refractivity contribution in [3.63, 3.8) is 0 Å². The second-order valence-corrected chi connectivity index (χ2v) is 6.21. The van der Waals surface area contributed by atoms with Gasteiger partial charge in [0, 0.05) is 11.5 Å². The molecule has 5 heteroatoms. The average molecular weight is 345 g/mol. The summed E-state index contributed by atoms with van der Waals surface area (Å²) in [6, 6.07) is 13.2. The van der Waals surface area contributed by atoms with Crippen LogP contribution in [0.4, 0.5) is 0 Å². The van der Waals surface area contributed by atoms with Crippen LogP contribution in [0.25, 0.3) is 15.9 Å². The van der Waals surface area contributed by atoms with E-state index in [-0.39, 0.29) is 5.56 Å². The molecule has 0 unspecified atom stereocenters. The van der Waals surface area contributed by atoms with Gasteiger partial charge in [0.05, 0.1) is 10.2 Å². The predicted molar refractivity (Wildman–Crippen MR) is 84.6 cm³/mol. The SMILES string of the molecule is Cc1ccc(-n2c(=O)ccc3c(Br)c(C#N)sc32)cc1. The zero-order valence-electron chi connectivity index (χ0n) is 10.6. The van der Waals surface area contributed by atoms with Gasteiger partial charge in [-0.25, -0.2) is 0 Å². The van der Waals surface area contributed by atoms with Gasteiger partial charge >= 0.3 is 0 Å². The quantitative estimate of drug-likeness (QED) is 0.669. The van der Waals surface area contributed by atoms with E-state index in [4.69, 9.17) is 5.26 Å². The maximum atomic E-state index is 12.2. The number of hydrogen-bond acceptors (Lipinski definition) is 3. The number of aryl methyl sites for hydroxylation is 1. The van der Waals surface area contributed by atoms with E-state index in [1.54, 1.807) is 10.6 Å². The van der Waals surface area contributed by atoms with E-state index in [0.717, 1.165) is 25.9 Å². The van der Waals surface area contributed by atoms with Gasteiger partial charge in [-0.1, -0.05) is 17.7 Å². The summed E-state index contributed by atoms with van der Waals surface area (Å²) in [5.74, 6) is 0. The molecule has 3 nitrogen and oxygen atoms in total. The summed E-state index contributed by atoms with van der Waals surface area (Å²) in [5.41, 5.74) is 1.85. The first-order valence-corrected chi connectivity index (χ1v) is 7.54. The van der Waals surface area contributed by atoms with E-state index in [0.29, 0.717) is 4.88 Å². The monoisotopic (exact) mass is 344 g/mol. The second kappa shape index (κ2) is 4.89. The Hall–Kier alpha value is -1.90. The first kappa shape index (κ1) is 13.1. The summed E-state index contributed by atoms with van der Waals surface area (Å²) in [6.45, 7) is 2.00. The summed E-state index contributed by atoms with van der Waals surface area (Å²) in [7, 11) is 0. The lowest BCUT2D eigenvalue weighted by atomic mass is 10.2. The van der Waals surface area contributed by atoms with Crippen LogP contribution in [-0.4, -0.2) is 4.57 Å². The molecule has 0 aliphatic heterocycles. The molecule has 0 saturated heterocycles. The van der Waals surface area contributed by atoms with Crippen molar-refractivity contribution in [3.8, 4) is 11.8 Å². The van der Waals surface area contributed by atoms with Gasteiger partial charge in [-0.15, -0.1) is 11.3 Å². The maximum Gasteiger partial charge on any atom is 0.256 e. The molecule has 0 spiro atoms. The Balaban J connectivity index is 2.40. The molecule has 0 amide bonds. The van der Waals surface area contributed by atoms with Crippen LogP contribution in [0.1, 0.15) is 10.4 Å². The Labute approximate surface area is 127 Å². The van der Waals surface area contributed by atoms with Crippen molar-refractivity contribution in [2.75, 3.05) is 0 Å². The van der Waals surface area contributed by atoms with Gasteiger partial charge in [0.2, 0.25) is 0 Å². The standard InChI is InChI=1S/C15H9BrN2OS/c1-9-2-4-10(5-3-9)18-13(19)7-6-11-14(16)12(8-17)20-15(11)18/h2-7H,1H3. The lowest BCUT2D eigenvalue weighted by Crippen LogP contribution is -2.16. The third-order valence-electron chi connectivity index (χ3n) is 3.07. The first-order valence-electron chi connectivity index (χ1n) is 5.93. The molecule has 3 rings (SSSR count). The fraction of sp³-hybridized carbons (Fsp3) is 0.0667. The molecule has 0 N–H and O–H groups in total. The molecule has 2 heterocycles. The zero-order chi connectivity index (χ0) is 14.3. The van der Waals surface area contributed by atoms with E-state index >= 15 is 0 Å². The van der Waals surface area contributed by atoms with Gasteiger partial charge in [-0.3, -0.25) is 9.36 Å². The van der Waals surface area contributed by atoms with Crippen LogP contribution in [0.3, 0.4) is 0 Å². The number of nitrogens with zero attached hydrogens (tertiary/aromatic N) is 2. The van der Waals surface area contributed by atoms with Crippen LogP contribution in [0.15, 0.2) is 45.7 Å². The van der Waals surface area contributed by atoms with Crippen LogP contribution in [0.5, 0.6) is 0 Å². The molecule has 2 aromatic heterocycles. The lowest BCUT2D eigenvalue weighted by molar-refractivity contribution is 1.05. The number of halogens is 1. The van der Waals surface area contributed by atoms with Crippen molar-refractivity contribution in [2.24, 2.45) is 0 Å². The van der Waals surface area contributed by atoms with Gasteiger partial charge in [-0.05, 0) is 41.1 Å². The van der Waals surface area contributed by atoms with Crippen LogP contribution in [-0.2, 0) is 0 Å². The minimum Gasteiger partial charge on any atom is -0.269 e. The number of aromatic nitrogens is 1. The van der Waals surface area contributed by atoms with Crippen LogP contribution in [0, 0.1) is 18.3 Å². The second-order valence-electron chi connectivity index (χ2n) is 4.42. The van der Waals surface area contributed by atoms with E-state index in [9.17, 15) is 4.79 Å². The number of fused-ring (bicyclic) bond motifs is 1. The molecule has 0 bridgehead atoms. The minimum atomic E-state index is -0.0976. The first-order chi connectivity index (χ1) is 9.61. The van der Waals surface area contributed by atoms with Crippen molar-refractivity contribution >= 4 is 37.5 Å². The summed E-state index contributed by atoms with van der Waals surface area (Å²) in [4.78, 5) is 13.6. The van der Waals surface area contributed by atoms with Crippen LogP contribution >= 0.6 is 27.3 Å². The highest BCUT2D eigenvalue weighted by Crippen LogP contribution is 2.35. The summed E-state index contributed by atoms with van der Waals surface area (Å²) in [5, 5.41) is 10.0. The lowest BCUT2D eigenvalue weighted by Gasteiger charge is -2.07. The fourth-order valence-corrected chi connectivity index (χ4v) is 3.85. The number of thiophene rings is 1. The number of benzene rings is 1. The van der Waals surface area contributed by atoms with E-state index in [2.05, 4.69) is 22.0 Å². The van der Waals surface area contributed by atoms with Crippen molar-refractivity contribution in [2.45, 2.75) is 6.92 Å². The normalized spacial score (nSPS) is 10.7. The Morgan fingerprint density at radius 3 is 2.55 bits per heavy atom. The van der Waals surface area contributed by atoms with Gasteiger partial charge in [-0.2, -0.15) is 5.26 Å². The van der Waals surface area contributed by atoms with E-state index in [1.807, 2.05) is 31.2 Å². The topological polar surface area (TPSA) is 45.8 Å². The largest absolute Gasteiger partial charge is 0.269 e. The molecule has 0 fully saturated rings. The number of rotatable bonds is 1. The molecule has 1 aromatic carbocycles. The van der Waals surface area contributed by atoms with Crippen molar-refractivity contribution < 1.29 is 0 Å². The van der Waals surface area contributed by atoms with Crippen molar-refractivity contribution in [1.82, 2.24) is 4.57 Å². The summed E-state index contributed by atoms with van der Waals surface area (Å²) in [6.07, 6.45) is 0. The van der Waals surface area contributed by atoms with Crippen LogP contribution < -0.4 is 5.56 Å². The van der Waals surface area contributed by atoms with Gasteiger partial charge < -0.3 is 0 Å². The average Bonchev–Trinajstić information content (AvgIpc) is 2.77. The Morgan fingerprint density at radius 2 is 1.90 bits per heavy atom. The van der Waals surface area contributed by atoms with E-state index in [1.165, 1.54) is 17.4 Å². The third-order valence-corrected chi connectivity index (χ3v) is 5.26. The highest BCUT2D eigenvalue weighted by Gasteiger charge is 2.14. The minimum absolute atomic E-state index is 0.0976. The maximum absolute atomic E-state index is 12.2. The molecular weight excluding hydrogens is 336 g/mol. The van der Waals surface area contributed by atoms with Gasteiger partial charge in [0.1, 0.15) is 15.8 Å². The number of hydrogen-bond donors (Lipinski definition) is 0. The molecule has 0 saturated carbocycles. The smallest absolute Gasteiger partial charge is 0.256 e. The molecule has 20 heavy (non-hydrogen) atoms. The molecule has 0 aliphatic carbocycles. The van der Waals surface area contributed by atoms with Crippen molar-refractivity contribution in [3.05, 3.63) is 61.7 Å². The molecule has 0 atom stereocenters. The molecule has 0 aliphatic rings. The van der Waals surface area contributed by atoms with Crippen LogP contribution in [0.2, 0.25) is 0 Å². The van der Waals surface area contributed by atoms with Gasteiger partial charge in [0.25, 0.3) is 5.56 Å². The Bertz CT molecular complexity index is 900. The predicted octanol–water partition coefficient (Wildman–Crippen LogP) is 3.99. The summed E-state index contributed by atoms with van der Waals surface area (Å²) >= 11 is 4.75. The highest BCUT2D eigenvalue weighted by molar-refractivity contribution is 9.10. The van der Waals surface area contributed by atoms with E-state index < -0.39 is 0 Å². The van der Waals surface area contributed by atoms with Gasteiger partial charge in [0.15, 0.2) is 0 Å².